The first-order valence-corrected chi connectivity index (χ1v) is 8.24. The number of carbonyl (C=O) groups is 2. The van der Waals surface area contributed by atoms with Gasteiger partial charge in [-0.05, 0) is 30.7 Å². The van der Waals surface area contributed by atoms with Crippen molar-refractivity contribution in [1.29, 1.82) is 0 Å². The Morgan fingerprint density at radius 3 is 2.56 bits per heavy atom. The number of rotatable bonds is 10. The highest BCUT2D eigenvalue weighted by molar-refractivity contribution is 5.77. The van der Waals surface area contributed by atoms with Crippen LogP contribution in [0.5, 0.6) is 5.75 Å². The quantitative estimate of drug-likeness (QED) is 0.489. The second-order valence-electron chi connectivity index (χ2n) is 5.49. The third-order valence-electron chi connectivity index (χ3n) is 3.64. The van der Waals surface area contributed by atoms with E-state index in [4.69, 9.17) is 9.15 Å². The average Bonchev–Trinajstić information content (AvgIpc) is 3.15. The maximum absolute atomic E-state index is 12.5. The molecule has 0 saturated carbocycles. The second kappa shape index (κ2) is 10.2. The van der Waals surface area contributed by atoms with Crippen LogP contribution in [0.15, 0.2) is 53.1 Å². The summed E-state index contributed by atoms with van der Waals surface area (Å²) in [5, 5.41) is 0. The van der Waals surface area contributed by atoms with Gasteiger partial charge >= 0.3 is 5.97 Å². The number of ether oxygens (including phenoxy) is 2. The van der Waals surface area contributed by atoms with Crippen LogP contribution >= 0.6 is 0 Å². The molecule has 0 aliphatic carbocycles. The molecule has 0 spiro atoms. The van der Waals surface area contributed by atoms with E-state index in [2.05, 4.69) is 4.74 Å². The third kappa shape index (κ3) is 6.71. The molecule has 0 aliphatic rings. The molecule has 0 aliphatic heterocycles. The lowest BCUT2D eigenvalue weighted by Crippen LogP contribution is -2.32. The first kappa shape index (κ1) is 18.6. The van der Waals surface area contributed by atoms with E-state index < -0.39 is 0 Å². The minimum Gasteiger partial charge on any atom is -0.494 e. The van der Waals surface area contributed by atoms with Crippen LogP contribution in [0.25, 0.3) is 0 Å². The maximum atomic E-state index is 12.5. The van der Waals surface area contributed by atoms with Gasteiger partial charge < -0.3 is 18.8 Å². The van der Waals surface area contributed by atoms with Gasteiger partial charge in [0, 0.05) is 13.0 Å². The molecule has 2 rings (SSSR count). The molecule has 1 amide bonds. The van der Waals surface area contributed by atoms with Gasteiger partial charge in [0.1, 0.15) is 11.5 Å². The van der Waals surface area contributed by atoms with E-state index >= 15 is 0 Å². The molecule has 0 saturated heterocycles. The highest BCUT2D eigenvalue weighted by Gasteiger charge is 2.16. The minimum atomic E-state index is -0.343. The fourth-order valence-corrected chi connectivity index (χ4v) is 2.30. The summed E-state index contributed by atoms with van der Waals surface area (Å²) in [6, 6.07) is 13.0. The first-order valence-electron chi connectivity index (χ1n) is 8.24. The van der Waals surface area contributed by atoms with Gasteiger partial charge in [-0.2, -0.15) is 0 Å². The van der Waals surface area contributed by atoms with Crippen LogP contribution in [0.4, 0.5) is 0 Å². The Balaban J connectivity index is 1.80. The van der Waals surface area contributed by atoms with E-state index in [1.807, 2.05) is 30.3 Å². The molecule has 1 aromatic carbocycles. The Hall–Kier alpha value is -2.76. The molecule has 0 fully saturated rings. The van der Waals surface area contributed by atoms with Crippen LogP contribution in [-0.2, 0) is 20.9 Å². The highest BCUT2D eigenvalue weighted by atomic mass is 16.5. The van der Waals surface area contributed by atoms with Crippen molar-refractivity contribution < 1.29 is 23.5 Å². The number of esters is 1. The van der Waals surface area contributed by atoms with Crippen molar-refractivity contribution in [2.24, 2.45) is 0 Å². The highest BCUT2D eigenvalue weighted by Crippen LogP contribution is 2.11. The number of furan rings is 1. The largest absolute Gasteiger partial charge is 0.494 e. The van der Waals surface area contributed by atoms with E-state index in [1.54, 1.807) is 23.3 Å². The Bertz CT molecular complexity index is 639. The van der Waals surface area contributed by atoms with Gasteiger partial charge in [-0.3, -0.25) is 9.59 Å². The predicted octanol–water partition coefficient (Wildman–Crippen LogP) is 3.03. The molecule has 25 heavy (non-hydrogen) atoms. The lowest BCUT2D eigenvalue weighted by Gasteiger charge is -2.21. The lowest BCUT2D eigenvalue weighted by atomic mass is 10.2. The molecule has 0 unspecified atom stereocenters. The van der Waals surface area contributed by atoms with Crippen LogP contribution in [-0.4, -0.2) is 37.0 Å². The Labute approximate surface area is 147 Å². The summed E-state index contributed by atoms with van der Waals surface area (Å²) in [7, 11) is 1.34. The summed E-state index contributed by atoms with van der Waals surface area (Å²) in [5.41, 5.74) is 0. The molecule has 1 aromatic heterocycles. The van der Waals surface area contributed by atoms with Crippen molar-refractivity contribution in [3.05, 3.63) is 54.5 Å². The zero-order chi connectivity index (χ0) is 17.9. The van der Waals surface area contributed by atoms with Crippen LogP contribution in [0, 0.1) is 0 Å². The summed E-state index contributed by atoms with van der Waals surface area (Å²) in [5.74, 6) is 1.08. The van der Waals surface area contributed by atoms with E-state index in [9.17, 15) is 9.59 Å². The smallest absolute Gasteiger partial charge is 0.307 e. The Kier molecular flexibility index (Phi) is 7.56. The van der Waals surface area contributed by atoms with Gasteiger partial charge in [-0.25, -0.2) is 0 Å². The van der Waals surface area contributed by atoms with Crippen molar-refractivity contribution in [3.8, 4) is 5.75 Å². The summed E-state index contributed by atoms with van der Waals surface area (Å²) >= 11 is 0. The first-order chi connectivity index (χ1) is 12.2. The number of para-hydroxylation sites is 1. The second-order valence-corrected chi connectivity index (χ2v) is 5.49. The SMILES string of the molecule is COC(=O)CCN(Cc1ccco1)C(=O)CCCOc1ccccc1. The molecule has 0 radical (unpaired) electrons. The van der Waals surface area contributed by atoms with Gasteiger partial charge in [-0.15, -0.1) is 0 Å². The van der Waals surface area contributed by atoms with Crippen molar-refractivity contribution >= 4 is 11.9 Å². The van der Waals surface area contributed by atoms with Gasteiger partial charge in [0.2, 0.25) is 5.91 Å². The fraction of sp³-hybridized carbons (Fsp3) is 0.368. The van der Waals surface area contributed by atoms with Gasteiger partial charge in [-0.1, -0.05) is 18.2 Å². The molecule has 6 nitrogen and oxygen atoms in total. The number of carbonyl (C=O) groups excluding carboxylic acids is 2. The van der Waals surface area contributed by atoms with Crippen LogP contribution in [0.3, 0.4) is 0 Å². The summed E-state index contributed by atoms with van der Waals surface area (Å²) in [4.78, 5) is 25.4. The number of hydrogen-bond acceptors (Lipinski definition) is 5. The molecular weight excluding hydrogens is 322 g/mol. The molecule has 0 atom stereocenters. The molecule has 2 aromatic rings. The molecule has 1 heterocycles. The van der Waals surface area contributed by atoms with Crippen molar-refractivity contribution in [1.82, 2.24) is 4.90 Å². The average molecular weight is 345 g/mol. The standard InChI is InChI=1S/C19H23NO5/c1-23-19(22)11-12-20(15-17-9-5-13-25-17)18(21)10-6-14-24-16-7-3-2-4-8-16/h2-5,7-9,13H,6,10-12,14-15H2,1H3. The topological polar surface area (TPSA) is 69.0 Å². The number of methoxy groups -OCH3 is 1. The summed E-state index contributed by atoms with van der Waals surface area (Å²) in [6.07, 6.45) is 2.66. The maximum Gasteiger partial charge on any atom is 0.307 e. The van der Waals surface area contributed by atoms with Crippen molar-refractivity contribution in [2.75, 3.05) is 20.3 Å². The van der Waals surface area contributed by atoms with Crippen LogP contribution in [0.2, 0.25) is 0 Å². The minimum absolute atomic E-state index is 0.0445. The number of benzene rings is 1. The van der Waals surface area contributed by atoms with Crippen LogP contribution < -0.4 is 4.74 Å². The number of nitrogens with zero attached hydrogens (tertiary/aromatic N) is 1. The zero-order valence-electron chi connectivity index (χ0n) is 14.3. The molecule has 0 N–H and O–H groups in total. The summed E-state index contributed by atoms with van der Waals surface area (Å²) < 4.78 is 15.5. The Morgan fingerprint density at radius 1 is 1.08 bits per heavy atom. The van der Waals surface area contributed by atoms with Crippen LogP contribution in [0.1, 0.15) is 25.0 Å². The van der Waals surface area contributed by atoms with E-state index in [0.717, 1.165) is 5.75 Å². The van der Waals surface area contributed by atoms with E-state index in [0.29, 0.717) is 38.3 Å². The van der Waals surface area contributed by atoms with Gasteiger partial charge in [0.15, 0.2) is 0 Å². The van der Waals surface area contributed by atoms with Gasteiger partial charge in [0.05, 0.1) is 32.9 Å². The molecular formula is C19H23NO5. The predicted molar refractivity (Wildman–Crippen MR) is 91.9 cm³/mol. The third-order valence-corrected chi connectivity index (χ3v) is 3.64. The van der Waals surface area contributed by atoms with Crippen molar-refractivity contribution in [2.45, 2.75) is 25.8 Å². The molecule has 134 valence electrons. The number of amides is 1. The van der Waals surface area contributed by atoms with E-state index in [-0.39, 0.29) is 18.3 Å². The number of hydrogen-bond donors (Lipinski definition) is 0. The molecule has 0 bridgehead atoms. The fourth-order valence-electron chi connectivity index (χ4n) is 2.30. The monoisotopic (exact) mass is 345 g/mol. The zero-order valence-corrected chi connectivity index (χ0v) is 14.3. The Morgan fingerprint density at radius 2 is 1.88 bits per heavy atom. The molecule has 6 heteroatoms. The van der Waals surface area contributed by atoms with Gasteiger partial charge in [0.25, 0.3) is 0 Å². The summed E-state index contributed by atoms with van der Waals surface area (Å²) in [6.45, 7) is 1.09. The lowest BCUT2D eigenvalue weighted by molar-refractivity contribution is -0.142. The van der Waals surface area contributed by atoms with Crippen molar-refractivity contribution in [3.63, 3.8) is 0 Å². The normalized spacial score (nSPS) is 10.3. The van der Waals surface area contributed by atoms with E-state index in [1.165, 1.54) is 7.11 Å².